The van der Waals surface area contributed by atoms with Crippen molar-refractivity contribution in [2.75, 3.05) is 0 Å². The first-order valence-electron chi connectivity index (χ1n) is 9.46. The molecule has 0 aromatic heterocycles. The Morgan fingerprint density at radius 2 is 0.667 bits per heavy atom. The molecule has 0 heterocycles. The van der Waals surface area contributed by atoms with Gasteiger partial charge in [0.1, 0.15) is 0 Å². The zero-order valence-corrected chi connectivity index (χ0v) is 16.9. The summed E-state index contributed by atoms with van der Waals surface area (Å²) in [6, 6.07) is 40.4. The van der Waals surface area contributed by atoms with Crippen molar-refractivity contribution in [3.63, 3.8) is 0 Å². The van der Waals surface area contributed by atoms with Crippen LogP contribution in [0.3, 0.4) is 0 Å². The maximum atomic E-state index is 2.33. The number of aryl methyl sites for hydroxylation is 2. The molecular weight excluding hydrogens is 343 g/mol. The summed E-state index contributed by atoms with van der Waals surface area (Å²) in [5.41, 5.74) is 2.60. The van der Waals surface area contributed by atoms with Crippen LogP contribution in [0.25, 0.3) is 0 Å². The van der Waals surface area contributed by atoms with Crippen LogP contribution in [0.1, 0.15) is 11.1 Å². The molecule has 4 rings (SSSR count). The number of benzene rings is 4. The first-order valence-corrected chi connectivity index (χ1v) is 11.5. The third kappa shape index (κ3) is 3.22. The van der Waals surface area contributed by atoms with Crippen LogP contribution in [0.2, 0.25) is 0 Å². The molecule has 0 saturated heterocycles. The fourth-order valence-corrected chi connectivity index (χ4v) is 8.70. The Balaban J connectivity index is 2.11. The standard InChI is InChI=1S/C26H25P/c1-21-13-17-25(18-14-21)27(23-9-5-3-6-10-23,24-11-7-4-8-12-24)26-19-15-22(2)16-20-26/h3-20,27H,1-2H3. The normalized spacial score (nSPS) is 11.9. The van der Waals surface area contributed by atoms with Gasteiger partial charge in [0, 0.05) is 0 Å². The van der Waals surface area contributed by atoms with E-state index in [2.05, 4.69) is 123 Å². The molecule has 134 valence electrons. The summed E-state index contributed by atoms with van der Waals surface area (Å²) in [4.78, 5) is 0. The van der Waals surface area contributed by atoms with Crippen LogP contribution in [0, 0.1) is 13.8 Å². The monoisotopic (exact) mass is 368 g/mol. The summed E-state index contributed by atoms with van der Waals surface area (Å²) in [7, 11) is -2.35. The number of rotatable bonds is 4. The first kappa shape index (κ1) is 17.7. The van der Waals surface area contributed by atoms with Crippen LogP contribution in [0.4, 0.5) is 0 Å². The van der Waals surface area contributed by atoms with Gasteiger partial charge in [-0.1, -0.05) is 0 Å². The molecule has 0 spiro atoms. The van der Waals surface area contributed by atoms with Gasteiger partial charge in [-0.15, -0.1) is 0 Å². The molecule has 0 aliphatic carbocycles. The van der Waals surface area contributed by atoms with Crippen LogP contribution < -0.4 is 21.2 Å². The third-order valence-corrected chi connectivity index (χ3v) is 10.2. The van der Waals surface area contributed by atoms with Crippen molar-refractivity contribution in [3.05, 3.63) is 120 Å². The maximum absolute atomic E-state index is 2.35. The van der Waals surface area contributed by atoms with Crippen molar-refractivity contribution in [2.24, 2.45) is 0 Å². The van der Waals surface area contributed by atoms with Gasteiger partial charge >= 0.3 is 163 Å². The summed E-state index contributed by atoms with van der Waals surface area (Å²) in [6.07, 6.45) is 0. The van der Waals surface area contributed by atoms with Crippen molar-refractivity contribution < 1.29 is 0 Å². The predicted octanol–water partition coefficient (Wildman–Crippen LogP) is 4.66. The Morgan fingerprint density at radius 3 is 1.00 bits per heavy atom. The molecule has 4 aromatic rings. The summed E-state index contributed by atoms with van der Waals surface area (Å²) in [5, 5.41) is 5.69. The molecule has 0 radical (unpaired) electrons. The van der Waals surface area contributed by atoms with Crippen molar-refractivity contribution >= 4 is 28.5 Å². The molecule has 27 heavy (non-hydrogen) atoms. The first-order chi connectivity index (χ1) is 13.2. The van der Waals surface area contributed by atoms with E-state index < -0.39 is 7.26 Å². The van der Waals surface area contributed by atoms with E-state index in [0.29, 0.717) is 0 Å². The molecule has 1 heteroatoms. The van der Waals surface area contributed by atoms with Gasteiger partial charge in [-0.3, -0.25) is 0 Å². The van der Waals surface area contributed by atoms with Crippen molar-refractivity contribution in [1.29, 1.82) is 0 Å². The molecule has 0 atom stereocenters. The second-order valence-corrected chi connectivity index (χ2v) is 11.0. The molecule has 0 aliphatic rings. The van der Waals surface area contributed by atoms with Gasteiger partial charge in [0.05, 0.1) is 0 Å². The van der Waals surface area contributed by atoms with E-state index in [1.165, 1.54) is 32.3 Å². The van der Waals surface area contributed by atoms with Gasteiger partial charge in [0.2, 0.25) is 0 Å². The van der Waals surface area contributed by atoms with E-state index in [9.17, 15) is 0 Å². The van der Waals surface area contributed by atoms with Gasteiger partial charge < -0.3 is 0 Å². The summed E-state index contributed by atoms with van der Waals surface area (Å²) in [5.74, 6) is 0. The Morgan fingerprint density at radius 1 is 0.370 bits per heavy atom. The SMILES string of the molecule is Cc1ccc([PH](c2ccccc2)(c2ccccc2)c2ccc(C)cc2)cc1. The van der Waals surface area contributed by atoms with Crippen LogP contribution in [-0.2, 0) is 0 Å². The van der Waals surface area contributed by atoms with Crippen LogP contribution >= 0.6 is 7.26 Å². The van der Waals surface area contributed by atoms with Gasteiger partial charge in [-0.05, 0) is 0 Å². The van der Waals surface area contributed by atoms with Crippen molar-refractivity contribution in [3.8, 4) is 0 Å². The second kappa shape index (κ2) is 7.51. The average molecular weight is 368 g/mol. The molecule has 0 saturated carbocycles. The van der Waals surface area contributed by atoms with Crippen molar-refractivity contribution in [1.82, 2.24) is 0 Å². The third-order valence-electron chi connectivity index (χ3n) is 5.38. The van der Waals surface area contributed by atoms with Gasteiger partial charge in [0.25, 0.3) is 0 Å². The fraction of sp³-hybridized carbons (Fsp3) is 0.0769. The summed E-state index contributed by atoms with van der Waals surface area (Å²) < 4.78 is 0. The Hall–Kier alpha value is -2.69. The molecule has 0 N–H and O–H groups in total. The molecule has 4 aromatic carbocycles. The molecule has 0 fully saturated rings. The van der Waals surface area contributed by atoms with Gasteiger partial charge in [-0.2, -0.15) is 0 Å². The molecule has 0 bridgehead atoms. The van der Waals surface area contributed by atoms with Gasteiger partial charge in [0.15, 0.2) is 0 Å². The Kier molecular flexibility index (Phi) is 4.92. The van der Waals surface area contributed by atoms with E-state index in [1.807, 2.05) is 0 Å². The molecule has 0 unspecified atom stereocenters. The zero-order chi connectivity index (χ0) is 18.7. The van der Waals surface area contributed by atoms with E-state index in [-0.39, 0.29) is 0 Å². The number of hydrogen-bond donors (Lipinski definition) is 0. The van der Waals surface area contributed by atoms with E-state index in [0.717, 1.165) is 0 Å². The molecular formula is C26H25P. The van der Waals surface area contributed by atoms with Crippen molar-refractivity contribution in [2.45, 2.75) is 13.8 Å². The van der Waals surface area contributed by atoms with Crippen LogP contribution in [0.15, 0.2) is 109 Å². The van der Waals surface area contributed by atoms with Crippen LogP contribution in [0.5, 0.6) is 0 Å². The average Bonchev–Trinajstić information content (AvgIpc) is 2.73. The van der Waals surface area contributed by atoms with E-state index in [4.69, 9.17) is 0 Å². The number of hydrogen-bond acceptors (Lipinski definition) is 0. The zero-order valence-electron chi connectivity index (χ0n) is 15.9. The van der Waals surface area contributed by atoms with E-state index >= 15 is 0 Å². The fourth-order valence-electron chi connectivity index (χ4n) is 3.98. The Bertz CT molecular complexity index is 914. The summed E-state index contributed by atoms with van der Waals surface area (Å²) in [6.45, 7) is 4.31. The van der Waals surface area contributed by atoms with Crippen LogP contribution in [-0.4, -0.2) is 0 Å². The minimum atomic E-state index is -2.35. The second-order valence-electron chi connectivity index (χ2n) is 7.21. The summed E-state index contributed by atoms with van der Waals surface area (Å²) >= 11 is 0. The molecule has 0 nitrogen and oxygen atoms in total. The minimum absolute atomic E-state index is 1.30. The molecule has 0 amide bonds. The quantitative estimate of drug-likeness (QED) is 0.460. The topological polar surface area (TPSA) is 0 Å². The predicted molar refractivity (Wildman–Crippen MR) is 122 cm³/mol. The Labute approximate surface area is 162 Å². The van der Waals surface area contributed by atoms with E-state index in [1.54, 1.807) is 0 Å². The molecule has 0 aliphatic heterocycles. The van der Waals surface area contributed by atoms with Gasteiger partial charge in [-0.25, -0.2) is 0 Å².